The summed E-state index contributed by atoms with van der Waals surface area (Å²) in [6.45, 7) is 8.36. The molecular formula is C17H22N2OS. The molecule has 0 saturated heterocycles. The monoisotopic (exact) mass is 302 g/mol. The van der Waals surface area contributed by atoms with Crippen LogP contribution in [0.25, 0.3) is 10.4 Å². The van der Waals surface area contributed by atoms with Crippen molar-refractivity contribution in [1.29, 1.82) is 0 Å². The fraction of sp³-hybridized carbons (Fsp3) is 0.412. The number of carbonyl (C=O) groups excluding carboxylic acids is 1. The molecule has 1 heterocycles. The van der Waals surface area contributed by atoms with Gasteiger partial charge in [0.05, 0.1) is 9.88 Å². The molecule has 1 aromatic heterocycles. The third kappa shape index (κ3) is 3.91. The van der Waals surface area contributed by atoms with Gasteiger partial charge in [-0.1, -0.05) is 32.9 Å². The van der Waals surface area contributed by atoms with Gasteiger partial charge in [-0.3, -0.25) is 4.79 Å². The van der Waals surface area contributed by atoms with E-state index in [0.29, 0.717) is 11.5 Å². The zero-order chi connectivity index (χ0) is 15.4. The minimum Gasteiger partial charge on any atom is -0.350 e. The van der Waals surface area contributed by atoms with Crippen LogP contribution in [-0.2, 0) is 0 Å². The lowest BCUT2D eigenvalue weighted by Crippen LogP contribution is -2.31. The van der Waals surface area contributed by atoms with Crippen LogP contribution in [0.3, 0.4) is 0 Å². The van der Waals surface area contributed by atoms with Crippen molar-refractivity contribution in [3.63, 3.8) is 0 Å². The van der Waals surface area contributed by atoms with Gasteiger partial charge in [0, 0.05) is 23.7 Å². The Bertz CT molecular complexity index is 602. The van der Waals surface area contributed by atoms with Crippen LogP contribution in [0, 0.1) is 0 Å². The van der Waals surface area contributed by atoms with Crippen LogP contribution in [0.2, 0.25) is 0 Å². The van der Waals surface area contributed by atoms with Crippen molar-refractivity contribution in [2.75, 3.05) is 0 Å². The van der Waals surface area contributed by atoms with Crippen molar-refractivity contribution in [3.05, 3.63) is 41.0 Å². The molecule has 0 aliphatic rings. The smallest absolute Gasteiger partial charge is 0.251 e. The van der Waals surface area contributed by atoms with Gasteiger partial charge in [-0.05, 0) is 31.0 Å². The highest BCUT2D eigenvalue weighted by Gasteiger charge is 2.10. The van der Waals surface area contributed by atoms with Crippen molar-refractivity contribution >= 4 is 17.2 Å². The SMILES string of the molecule is CC[C@@H](C)NC(=O)c1ccc(-c2cnc(C(C)C)s2)cc1. The van der Waals surface area contributed by atoms with E-state index in [1.54, 1.807) is 11.3 Å². The van der Waals surface area contributed by atoms with Gasteiger partial charge in [0.2, 0.25) is 0 Å². The molecule has 1 atom stereocenters. The van der Waals surface area contributed by atoms with Gasteiger partial charge in [-0.2, -0.15) is 0 Å². The maximum atomic E-state index is 12.0. The van der Waals surface area contributed by atoms with E-state index in [2.05, 4.69) is 31.1 Å². The number of hydrogen-bond donors (Lipinski definition) is 1. The Hall–Kier alpha value is -1.68. The summed E-state index contributed by atoms with van der Waals surface area (Å²) in [5.41, 5.74) is 1.81. The molecule has 0 aliphatic carbocycles. The van der Waals surface area contributed by atoms with Crippen LogP contribution in [0.15, 0.2) is 30.5 Å². The molecule has 2 aromatic rings. The predicted octanol–water partition coefficient (Wildman–Crippen LogP) is 4.46. The number of hydrogen-bond acceptors (Lipinski definition) is 3. The van der Waals surface area contributed by atoms with Gasteiger partial charge >= 0.3 is 0 Å². The molecule has 1 N–H and O–H groups in total. The molecule has 3 nitrogen and oxygen atoms in total. The lowest BCUT2D eigenvalue weighted by atomic mass is 10.1. The standard InChI is InChI=1S/C17H22N2OS/c1-5-12(4)19-16(20)14-8-6-13(7-9-14)15-10-18-17(21-15)11(2)3/h6-12H,5H2,1-4H3,(H,19,20)/t12-/m1/s1. The average Bonchev–Trinajstić information content (AvgIpc) is 2.97. The second kappa shape index (κ2) is 6.85. The first-order valence-corrected chi connectivity index (χ1v) is 8.20. The van der Waals surface area contributed by atoms with Crippen molar-refractivity contribution in [3.8, 4) is 10.4 Å². The van der Waals surface area contributed by atoms with Gasteiger partial charge in [-0.25, -0.2) is 4.98 Å². The van der Waals surface area contributed by atoms with E-state index in [0.717, 1.165) is 21.9 Å². The van der Waals surface area contributed by atoms with Gasteiger partial charge in [0.15, 0.2) is 0 Å². The van der Waals surface area contributed by atoms with Crippen LogP contribution >= 0.6 is 11.3 Å². The number of amides is 1. The maximum absolute atomic E-state index is 12.0. The third-order valence-electron chi connectivity index (χ3n) is 3.44. The van der Waals surface area contributed by atoms with Crippen molar-refractivity contribution in [1.82, 2.24) is 10.3 Å². The topological polar surface area (TPSA) is 42.0 Å². The number of carbonyl (C=O) groups is 1. The molecule has 0 saturated carbocycles. The molecule has 2 rings (SSSR count). The summed E-state index contributed by atoms with van der Waals surface area (Å²) in [4.78, 5) is 17.6. The van der Waals surface area contributed by atoms with E-state index in [-0.39, 0.29) is 11.9 Å². The largest absolute Gasteiger partial charge is 0.350 e. The number of nitrogens with zero attached hydrogens (tertiary/aromatic N) is 1. The van der Waals surface area contributed by atoms with Crippen LogP contribution in [0.4, 0.5) is 0 Å². The Labute approximate surface area is 130 Å². The van der Waals surface area contributed by atoms with Crippen LogP contribution in [0.5, 0.6) is 0 Å². The van der Waals surface area contributed by atoms with E-state index in [4.69, 9.17) is 0 Å². The third-order valence-corrected chi connectivity index (χ3v) is 4.79. The molecule has 4 heteroatoms. The average molecular weight is 302 g/mol. The molecule has 112 valence electrons. The highest BCUT2D eigenvalue weighted by molar-refractivity contribution is 7.15. The molecule has 0 radical (unpaired) electrons. The zero-order valence-electron chi connectivity index (χ0n) is 13.0. The molecule has 0 unspecified atom stereocenters. The Morgan fingerprint density at radius 3 is 2.43 bits per heavy atom. The van der Waals surface area contributed by atoms with Crippen LogP contribution in [0.1, 0.15) is 55.4 Å². The number of thiazole rings is 1. The van der Waals surface area contributed by atoms with E-state index < -0.39 is 0 Å². The summed E-state index contributed by atoms with van der Waals surface area (Å²) in [6.07, 6.45) is 2.84. The number of benzene rings is 1. The van der Waals surface area contributed by atoms with Crippen molar-refractivity contribution in [2.24, 2.45) is 0 Å². The maximum Gasteiger partial charge on any atom is 0.251 e. The zero-order valence-corrected chi connectivity index (χ0v) is 13.8. The minimum atomic E-state index is -0.0110. The van der Waals surface area contributed by atoms with Crippen molar-refractivity contribution in [2.45, 2.75) is 46.1 Å². The molecule has 0 spiro atoms. The van der Waals surface area contributed by atoms with E-state index in [1.165, 1.54) is 0 Å². The van der Waals surface area contributed by atoms with Crippen LogP contribution in [-0.4, -0.2) is 16.9 Å². The normalized spacial score (nSPS) is 12.4. The van der Waals surface area contributed by atoms with Gasteiger partial charge < -0.3 is 5.32 Å². The summed E-state index contributed by atoms with van der Waals surface area (Å²) in [5.74, 6) is 0.437. The molecule has 0 aliphatic heterocycles. The Balaban J connectivity index is 2.12. The summed E-state index contributed by atoms with van der Waals surface area (Å²) in [5, 5.41) is 4.12. The summed E-state index contributed by atoms with van der Waals surface area (Å²) < 4.78 is 0. The molecule has 1 amide bonds. The molecule has 0 fully saturated rings. The van der Waals surface area contributed by atoms with Crippen LogP contribution < -0.4 is 5.32 Å². The Morgan fingerprint density at radius 1 is 1.24 bits per heavy atom. The van der Waals surface area contributed by atoms with Gasteiger partial charge in [0.25, 0.3) is 5.91 Å². The van der Waals surface area contributed by atoms with Crippen molar-refractivity contribution < 1.29 is 4.79 Å². The Morgan fingerprint density at radius 2 is 1.90 bits per heavy atom. The fourth-order valence-electron chi connectivity index (χ4n) is 1.88. The first kappa shape index (κ1) is 15.7. The number of rotatable bonds is 5. The summed E-state index contributed by atoms with van der Waals surface area (Å²) >= 11 is 1.71. The summed E-state index contributed by atoms with van der Waals surface area (Å²) in [7, 11) is 0. The second-order valence-electron chi connectivity index (χ2n) is 5.58. The second-order valence-corrected chi connectivity index (χ2v) is 6.64. The van der Waals surface area contributed by atoms with Gasteiger partial charge in [0.1, 0.15) is 0 Å². The number of nitrogens with one attached hydrogen (secondary N) is 1. The first-order chi connectivity index (χ1) is 10.0. The highest BCUT2D eigenvalue weighted by atomic mass is 32.1. The predicted molar refractivity (Wildman–Crippen MR) is 88.9 cm³/mol. The van der Waals surface area contributed by atoms with E-state index >= 15 is 0 Å². The molecule has 21 heavy (non-hydrogen) atoms. The van der Waals surface area contributed by atoms with E-state index in [1.807, 2.05) is 37.4 Å². The molecule has 1 aromatic carbocycles. The molecule has 0 bridgehead atoms. The lowest BCUT2D eigenvalue weighted by Gasteiger charge is -2.11. The van der Waals surface area contributed by atoms with Gasteiger partial charge in [-0.15, -0.1) is 11.3 Å². The first-order valence-electron chi connectivity index (χ1n) is 7.38. The lowest BCUT2D eigenvalue weighted by molar-refractivity contribution is 0.0939. The summed E-state index contributed by atoms with van der Waals surface area (Å²) in [6, 6.07) is 7.93. The fourth-order valence-corrected chi connectivity index (χ4v) is 2.81. The van der Waals surface area contributed by atoms with E-state index in [9.17, 15) is 4.79 Å². The minimum absolute atomic E-state index is 0.0110. The molecular weight excluding hydrogens is 280 g/mol. The number of aromatic nitrogens is 1. The Kier molecular flexibility index (Phi) is 5.12. The highest BCUT2D eigenvalue weighted by Crippen LogP contribution is 2.29. The quantitative estimate of drug-likeness (QED) is 0.886.